The van der Waals surface area contributed by atoms with Crippen LogP contribution in [0.3, 0.4) is 0 Å². The maximum absolute atomic E-state index is 13.2. The molecule has 510 valence electrons. The van der Waals surface area contributed by atoms with E-state index in [1.807, 2.05) is 36.4 Å². The minimum absolute atomic E-state index is 0.00613. The van der Waals surface area contributed by atoms with Crippen LogP contribution >= 0.6 is 35.3 Å². The molecule has 3 aromatic rings. The van der Waals surface area contributed by atoms with Crippen LogP contribution in [-0.4, -0.2) is 139 Å². The summed E-state index contributed by atoms with van der Waals surface area (Å²) in [5.41, 5.74) is 2.10. The molecule has 6 heterocycles. The predicted octanol–water partition coefficient (Wildman–Crippen LogP) is 14.6. The van der Waals surface area contributed by atoms with Crippen LogP contribution in [0.4, 0.5) is 17.5 Å². The van der Waals surface area contributed by atoms with Crippen LogP contribution in [0, 0.1) is 17.8 Å². The van der Waals surface area contributed by atoms with Gasteiger partial charge in [-0.1, -0.05) is 103 Å². The van der Waals surface area contributed by atoms with E-state index in [0.29, 0.717) is 32.4 Å². The number of rotatable bonds is 21. The SMILES string of the molecule is O=C(O)C[C@@H]1CCCN(c2ccc(C(=O)NC3CCCCC3)c(SC3CCCC3)n2)C1.O=C(O)C[C@@H]1CCN(c2ccc(C(=O)NC3CCCCC3)c(SC3CCCC3)n2)C1.O=C(O)C[C@H]1CCCN(c2ccc(C(=O)NC3CCCCC3)c(SC3CCCCC3)n2)C1. The average Bonchev–Trinajstić information content (AvgIpc) is 1.66. The van der Waals surface area contributed by atoms with Gasteiger partial charge in [0.05, 0.1) is 16.7 Å². The molecule has 0 unspecified atom stereocenters. The summed E-state index contributed by atoms with van der Waals surface area (Å²) >= 11 is 5.30. The third-order valence-electron chi connectivity index (χ3n) is 20.8. The van der Waals surface area contributed by atoms with Gasteiger partial charge in [-0.05, 0) is 163 Å². The molecule has 12 rings (SSSR count). The Labute approximate surface area is 565 Å². The van der Waals surface area contributed by atoms with E-state index in [0.717, 1.165) is 142 Å². The molecule has 3 atom stereocenters. The number of piperidine rings is 2. The van der Waals surface area contributed by atoms with Gasteiger partial charge in [0, 0.05) is 92.4 Å². The van der Waals surface area contributed by atoms with Crippen molar-refractivity contribution in [3.63, 3.8) is 0 Å². The van der Waals surface area contributed by atoms with Crippen molar-refractivity contribution in [1.82, 2.24) is 30.9 Å². The summed E-state index contributed by atoms with van der Waals surface area (Å²) in [5, 5.41) is 41.4. The molecule has 3 aromatic heterocycles. The lowest BCUT2D eigenvalue weighted by Crippen LogP contribution is -2.38. The Balaban J connectivity index is 0.000000153. The van der Waals surface area contributed by atoms with Gasteiger partial charge < -0.3 is 46.0 Å². The number of carboxylic acids is 3. The monoisotopic (exact) mass is 1340 g/mol. The Morgan fingerprint density at radius 1 is 0.344 bits per heavy atom. The minimum atomic E-state index is -0.734. The number of thioether (sulfide) groups is 3. The van der Waals surface area contributed by atoms with Gasteiger partial charge in [0.25, 0.3) is 17.7 Å². The maximum Gasteiger partial charge on any atom is 0.303 e. The van der Waals surface area contributed by atoms with E-state index in [-0.39, 0.29) is 72.9 Å². The minimum Gasteiger partial charge on any atom is -0.481 e. The second kappa shape index (κ2) is 36.2. The van der Waals surface area contributed by atoms with Crippen molar-refractivity contribution in [1.29, 1.82) is 0 Å². The molecule has 9 fully saturated rings. The molecule has 18 nitrogen and oxygen atoms in total. The van der Waals surface area contributed by atoms with E-state index in [1.54, 1.807) is 35.3 Å². The summed E-state index contributed by atoms with van der Waals surface area (Å²) in [6.07, 6.45) is 38.7. The number of nitrogens with one attached hydrogen (secondary N) is 3. The third-order valence-corrected chi connectivity index (χ3v) is 24.8. The third kappa shape index (κ3) is 21.9. The number of hydrogen-bond donors (Lipinski definition) is 6. The molecule has 0 bridgehead atoms. The number of anilines is 3. The van der Waals surface area contributed by atoms with Crippen LogP contribution in [0.1, 0.15) is 262 Å². The highest BCUT2D eigenvalue weighted by Gasteiger charge is 2.32. The fraction of sp³-hybridized carbons (Fsp3) is 0.708. The standard InChI is InChI=1S/C25H37N3O3S.C24H35N3O3S.C23H33N3O3S/c29-23(30)16-18-8-7-15-28(17-18)22-14-13-21(24(31)26-19-9-3-1-4-10-19)25(27-22)32-20-11-5-2-6-12-20;28-22(29)15-17-7-6-14-27(16-17)21-13-12-20(23(30)25-18-8-2-1-3-9-18)24(26-21)31-19-10-4-5-11-19;27-21(28)14-16-12-13-26(15-16)20-11-10-19(22(29)24-17-6-2-1-3-7-17)23(25-20)30-18-8-4-5-9-18/h13-14,18-20H,1-12,15-17H2,(H,26,31)(H,29,30);12-13,17-19H,1-11,14-16H2,(H,25,30)(H,28,29);10-11,16-18H,1-9,12-15H2,(H,24,29)(H,27,28)/t18-;17-;16-/m100/s1. The molecule has 0 spiro atoms. The van der Waals surface area contributed by atoms with E-state index in [2.05, 4.69) is 30.7 Å². The van der Waals surface area contributed by atoms with Crippen LogP contribution in [-0.2, 0) is 14.4 Å². The van der Waals surface area contributed by atoms with E-state index in [4.69, 9.17) is 20.1 Å². The summed E-state index contributed by atoms with van der Waals surface area (Å²) in [6.45, 7) is 4.78. The van der Waals surface area contributed by atoms with E-state index < -0.39 is 17.9 Å². The second-order valence-electron chi connectivity index (χ2n) is 28.2. The summed E-state index contributed by atoms with van der Waals surface area (Å²) in [7, 11) is 0. The van der Waals surface area contributed by atoms with Gasteiger partial charge in [-0.25, -0.2) is 15.0 Å². The average molecular weight is 1340 g/mol. The summed E-state index contributed by atoms with van der Waals surface area (Å²) in [6, 6.07) is 12.5. The number of amides is 3. The fourth-order valence-corrected chi connectivity index (χ4v) is 19.6. The van der Waals surface area contributed by atoms with Crippen molar-refractivity contribution in [2.75, 3.05) is 54.0 Å². The van der Waals surface area contributed by atoms with Crippen molar-refractivity contribution in [3.05, 3.63) is 53.1 Å². The lowest BCUT2D eigenvalue weighted by molar-refractivity contribution is -0.139. The topological polar surface area (TPSA) is 248 Å². The van der Waals surface area contributed by atoms with Crippen LogP contribution in [0.5, 0.6) is 0 Å². The van der Waals surface area contributed by atoms with Crippen LogP contribution in [0.25, 0.3) is 0 Å². The number of aliphatic carboxylic acids is 3. The van der Waals surface area contributed by atoms with Crippen molar-refractivity contribution in [2.24, 2.45) is 17.8 Å². The first-order valence-corrected chi connectivity index (χ1v) is 38.7. The molecule has 9 aliphatic rings. The Morgan fingerprint density at radius 3 is 0.914 bits per heavy atom. The molecular formula is C72H105N9O9S3. The van der Waals surface area contributed by atoms with Crippen LogP contribution < -0.4 is 30.7 Å². The molecule has 0 aromatic carbocycles. The number of carbonyl (C=O) groups excluding carboxylic acids is 3. The molecule has 6 N–H and O–H groups in total. The molecular weight excluding hydrogens is 1230 g/mol. The smallest absolute Gasteiger partial charge is 0.303 e. The molecule has 3 aliphatic heterocycles. The first kappa shape index (κ1) is 70.5. The van der Waals surface area contributed by atoms with E-state index in [9.17, 15) is 39.0 Å². The highest BCUT2D eigenvalue weighted by atomic mass is 32.2. The Bertz CT molecular complexity index is 2940. The molecule has 3 amide bonds. The van der Waals surface area contributed by atoms with Gasteiger partial charge in [-0.15, -0.1) is 35.3 Å². The zero-order valence-electron chi connectivity index (χ0n) is 55.1. The number of pyridine rings is 3. The summed E-state index contributed by atoms with van der Waals surface area (Å²) in [5.74, 6) is 0.957. The quantitative estimate of drug-likeness (QED) is 0.0580. The van der Waals surface area contributed by atoms with Crippen molar-refractivity contribution in [3.8, 4) is 0 Å². The zero-order chi connectivity index (χ0) is 64.9. The lowest BCUT2D eigenvalue weighted by Gasteiger charge is -2.33. The Morgan fingerprint density at radius 2 is 0.613 bits per heavy atom. The maximum atomic E-state index is 13.2. The molecule has 6 aliphatic carbocycles. The largest absolute Gasteiger partial charge is 0.481 e. The fourth-order valence-electron chi connectivity index (χ4n) is 15.6. The van der Waals surface area contributed by atoms with E-state index in [1.165, 1.54) is 141 Å². The number of hydrogen-bond acceptors (Lipinski definition) is 15. The van der Waals surface area contributed by atoms with Gasteiger partial charge in [-0.3, -0.25) is 28.8 Å². The predicted molar refractivity (Wildman–Crippen MR) is 372 cm³/mol. The van der Waals surface area contributed by atoms with Gasteiger partial charge in [0.15, 0.2) is 0 Å². The van der Waals surface area contributed by atoms with Crippen LogP contribution in [0.2, 0.25) is 0 Å². The first-order valence-electron chi connectivity index (χ1n) is 36.1. The second-order valence-corrected chi connectivity index (χ2v) is 32.1. The molecule has 3 saturated heterocycles. The van der Waals surface area contributed by atoms with Gasteiger partial charge in [-0.2, -0.15) is 0 Å². The molecule has 21 heteroatoms. The number of carbonyl (C=O) groups is 6. The van der Waals surface area contributed by atoms with E-state index >= 15 is 0 Å². The van der Waals surface area contributed by atoms with Crippen molar-refractivity contribution >= 4 is 88.4 Å². The van der Waals surface area contributed by atoms with Crippen molar-refractivity contribution < 1.29 is 44.1 Å². The molecule has 93 heavy (non-hydrogen) atoms. The first-order chi connectivity index (χ1) is 45.2. The lowest BCUT2D eigenvalue weighted by atomic mass is 9.95. The zero-order valence-corrected chi connectivity index (χ0v) is 57.5. The van der Waals surface area contributed by atoms with Crippen molar-refractivity contribution in [2.45, 2.75) is 280 Å². The van der Waals surface area contributed by atoms with Crippen LogP contribution in [0.15, 0.2) is 51.5 Å². The summed E-state index contributed by atoms with van der Waals surface area (Å²) < 4.78 is 0. The van der Waals surface area contributed by atoms with Gasteiger partial charge in [0.2, 0.25) is 0 Å². The highest BCUT2D eigenvalue weighted by molar-refractivity contribution is 8.00. The Hall–Kier alpha value is -5.28. The number of nitrogens with zero attached hydrogens (tertiary/aromatic N) is 6. The Kier molecular flexibility index (Phi) is 27.4. The number of carboxylic acid groups (broad SMARTS) is 3. The molecule has 0 radical (unpaired) electrons. The highest BCUT2D eigenvalue weighted by Crippen LogP contribution is 2.41. The molecule has 6 saturated carbocycles. The normalized spacial score (nSPS) is 23.1. The van der Waals surface area contributed by atoms with Gasteiger partial charge >= 0.3 is 17.9 Å². The van der Waals surface area contributed by atoms with Gasteiger partial charge in [0.1, 0.15) is 32.5 Å². The number of aromatic nitrogens is 3. The summed E-state index contributed by atoms with van der Waals surface area (Å²) in [4.78, 5) is 94.3.